The van der Waals surface area contributed by atoms with Gasteiger partial charge in [-0.25, -0.2) is 9.18 Å². The number of aromatic nitrogens is 2. The molecular formula is C20H21FN4O3. The molecular weight excluding hydrogens is 363 g/mol. The summed E-state index contributed by atoms with van der Waals surface area (Å²) in [5, 5.41) is 6.96. The molecule has 0 saturated heterocycles. The number of hydrogen-bond acceptors (Lipinski definition) is 5. The topological polar surface area (TPSA) is 80.4 Å². The normalized spacial score (nSPS) is 12.1. The van der Waals surface area contributed by atoms with Gasteiger partial charge < -0.3 is 14.6 Å². The molecule has 0 fully saturated rings. The minimum absolute atomic E-state index is 0.0331. The molecule has 0 bridgehead atoms. The van der Waals surface area contributed by atoms with Gasteiger partial charge in [0.25, 0.3) is 0 Å². The second kappa shape index (κ2) is 8.62. The number of carbonyl (C=O) groups is 1. The zero-order chi connectivity index (χ0) is 20.1. The molecule has 7 nitrogen and oxygen atoms in total. The van der Waals surface area contributed by atoms with E-state index in [0.29, 0.717) is 12.1 Å². The predicted molar refractivity (Wildman–Crippen MR) is 102 cm³/mol. The van der Waals surface area contributed by atoms with Crippen LogP contribution in [0.2, 0.25) is 0 Å². The van der Waals surface area contributed by atoms with E-state index >= 15 is 0 Å². The van der Waals surface area contributed by atoms with Crippen LogP contribution in [0.25, 0.3) is 11.5 Å². The first-order valence-corrected chi connectivity index (χ1v) is 8.75. The van der Waals surface area contributed by atoms with Crippen molar-refractivity contribution in [2.75, 3.05) is 20.6 Å². The molecule has 0 aliphatic rings. The van der Waals surface area contributed by atoms with Gasteiger partial charge in [-0.15, -0.1) is 5.10 Å². The summed E-state index contributed by atoms with van der Waals surface area (Å²) in [6, 6.07) is 14.7. The molecule has 1 atom stereocenters. The van der Waals surface area contributed by atoms with Gasteiger partial charge in [0.15, 0.2) is 0 Å². The largest absolute Gasteiger partial charge is 0.437 e. The van der Waals surface area contributed by atoms with E-state index in [1.54, 1.807) is 0 Å². The molecule has 2 aromatic carbocycles. The number of likely N-dealkylation sites (N-methyl/N-ethyl adjacent to an activating group) is 1. The number of nitrogens with one attached hydrogen (secondary N) is 1. The van der Waals surface area contributed by atoms with Crippen LogP contribution in [0.3, 0.4) is 0 Å². The Morgan fingerprint density at radius 3 is 2.50 bits per heavy atom. The van der Waals surface area contributed by atoms with E-state index < -0.39 is 11.6 Å². The van der Waals surface area contributed by atoms with Crippen LogP contribution in [0.5, 0.6) is 0 Å². The van der Waals surface area contributed by atoms with Crippen molar-refractivity contribution in [3.8, 4) is 11.5 Å². The lowest BCUT2D eigenvalue weighted by Crippen LogP contribution is -2.38. The summed E-state index contributed by atoms with van der Waals surface area (Å²) in [6.07, 6.45) is 0. The highest BCUT2D eigenvalue weighted by atomic mass is 19.1. The highest BCUT2D eigenvalue weighted by Crippen LogP contribution is 2.16. The molecule has 1 amide bonds. The highest BCUT2D eigenvalue weighted by molar-refractivity contribution is 5.76. The van der Waals surface area contributed by atoms with Crippen LogP contribution in [0.1, 0.15) is 11.6 Å². The predicted octanol–water partition coefficient (Wildman–Crippen LogP) is 2.06. The lowest BCUT2D eigenvalue weighted by molar-refractivity contribution is -0.122. The smallest absolute Gasteiger partial charge is 0.388 e. The molecule has 1 aromatic heterocycles. The Labute approximate surface area is 161 Å². The quantitative estimate of drug-likeness (QED) is 0.675. The van der Waals surface area contributed by atoms with Crippen molar-refractivity contribution in [3.63, 3.8) is 0 Å². The molecule has 146 valence electrons. The second-order valence-corrected chi connectivity index (χ2v) is 6.63. The van der Waals surface area contributed by atoms with E-state index in [4.69, 9.17) is 4.42 Å². The maximum absolute atomic E-state index is 13.0. The van der Waals surface area contributed by atoms with E-state index in [2.05, 4.69) is 10.4 Å². The van der Waals surface area contributed by atoms with Crippen molar-refractivity contribution in [1.29, 1.82) is 0 Å². The van der Waals surface area contributed by atoms with E-state index in [0.717, 1.165) is 10.2 Å². The molecule has 3 rings (SSSR count). The number of amides is 1. The third-order valence-electron chi connectivity index (χ3n) is 4.08. The van der Waals surface area contributed by atoms with Crippen LogP contribution in [0.4, 0.5) is 4.39 Å². The maximum Gasteiger partial charge on any atom is 0.437 e. The van der Waals surface area contributed by atoms with Gasteiger partial charge in [-0.2, -0.15) is 4.68 Å². The first-order valence-electron chi connectivity index (χ1n) is 8.75. The lowest BCUT2D eigenvalue weighted by Gasteiger charge is -2.22. The summed E-state index contributed by atoms with van der Waals surface area (Å²) in [4.78, 5) is 26.5. The number of carbonyl (C=O) groups excluding carboxylic acids is 1. The van der Waals surface area contributed by atoms with Gasteiger partial charge in [-0.3, -0.25) is 4.79 Å². The minimum atomic E-state index is -0.752. The summed E-state index contributed by atoms with van der Waals surface area (Å²) in [5.41, 5.74) is 1.41. The van der Waals surface area contributed by atoms with E-state index in [1.807, 2.05) is 49.3 Å². The van der Waals surface area contributed by atoms with E-state index in [1.165, 1.54) is 24.3 Å². The van der Waals surface area contributed by atoms with Gasteiger partial charge in [-0.1, -0.05) is 30.3 Å². The van der Waals surface area contributed by atoms with Crippen molar-refractivity contribution in [3.05, 3.63) is 76.5 Å². The first kappa shape index (κ1) is 19.5. The molecule has 0 radical (unpaired) electrons. The summed E-state index contributed by atoms with van der Waals surface area (Å²) in [7, 11) is 3.83. The summed E-state index contributed by atoms with van der Waals surface area (Å²) in [6.45, 7) is 0.324. The average molecular weight is 384 g/mol. The molecule has 0 spiro atoms. The van der Waals surface area contributed by atoms with Crippen LogP contribution in [0, 0.1) is 5.82 Å². The number of halogens is 1. The van der Waals surface area contributed by atoms with Crippen molar-refractivity contribution >= 4 is 5.91 Å². The van der Waals surface area contributed by atoms with Crippen LogP contribution in [-0.4, -0.2) is 41.2 Å². The number of hydrogen-bond donors (Lipinski definition) is 1. The fraction of sp³-hybridized carbons (Fsp3) is 0.250. The van der Waals surface area contributed by atoms with Crippen LogP contribution in [-0.2, 0) is 11.3 Å². The van der Waals surface area contributed by atoms with Gasteiger partial charge in [-0.05, 0) is 43.9 Å². The molecule has 28 heavy (non-hydrogen) atoms. The Morgan fingerprint density at radius 2 is 1.86 bits per heavy atom. The SMILES string of the molecule is CN(C)C[C@H](NC(=O)Cn1nc(-c2ccc(F)cc2)oc1=O)c1ccccc1. The molecule has 0 aliphatic heterocycles. The van der Waals surface area contributed by atoms with Crippen LogP contribution >= 0.6 is 0 Å². The maximum atomic E-state index is 13.0. The van der Waals surface area contributed by atoms with Crippen molar-refractivity contribution in [2.24, 2.45) is 0 Å². The zero-order valence-corrected chi connectivity index (χ0v) is 15.6. The number of nitrogens with zero attached hydrogens (tertiary/aromatic N) is 3. The van der Waals surface area contributed by atoms with E-state index in [9.17, 15) is 14.0 Å². The lowest BCUT2D eigenvalue weighted by atomic mass is 10.1. The van der Waals surface area contributed by atoms with Gasteiger partial charge >= 0.3 is 5.76 Å². The standard InChI is InChI=1S/C20H21FN4O3/c1-24(2)12-17(14-6-4-3-5-7-14)22-18(26)13-25-20(27)28-19(23-25)15-8-10-16(21)11-9-15/h3-11,17H,12-13H2,1-2H3,(H,22,26)/t17-/m0/s1. The Balaban J connectivity index is 1.73. The second-order valence-electron chi connectivity index (χ2n) is 6.63. The molecule has 0 aliphatic carbocycles. The minimum Gasteiger partial charge on any atom is -0.388 e. The Kier molecular flexibility index (Phi) is 6.00. The summed E-state index contributed by atoms with van der Waals surface area (Å²) in [5.74, 6) is -1.49. The summed E-state index contributed by atoms with van der Waals surface area (Å²) < 4.78 is 19.1. The average Bonchev–Trinajstić information content (AvgIpc) is 3.02. The summed E-state index contributed by atoms with van der Waals surface area (Å²) >= 11 is 0. The van der Waals surface area contributed by atoms with Crippen molar-refractivity contribution in [1.82, 2.24) is 20.0 Å². The fourth-order valence-corrected chi connectivity index (χ4v) is 2.78. The van der Waals surface area contributed by atoms with Crippen molar-refractivity contribution < 1.29 is 13.6 Å². The molecule has 0 unspecified atom stereocenters. The van der Waals surface area contributed by atoms with E-state index in [-0.39, 0.29) is 24.4 Å². The fourth-order valence-electron chi connectivity index (χ4n) is 2.78. The molecule has 1 N–H and O–H groups in total. The molecule has 1 heterocycles. The van der Waals surface area contributed by atoms with Gasteiger partial charge in [0.1, 0.15) is 12.4 Å². The molecule has 8 heteroatoms. The van der Waals surface area contributed by atoms with Gasteiger partial charge in [0, 0.05) is 12.1 Å². The van der Waals surface area contributed by atoms with Gasteiger partial charge in [0.2, 0.25) is 11.8 Å². The number of benzene rings is 2. The Morgan fingerprint density at radius 1 is 1.18 bits per heavy atom. The number of rotatable bonds is 7. The Bertz CT molecular complexity index is 981. The third-order valence-corrected chi connectivity index (χ3v) is 4.08. The monoisotopic (exact) mass is 384 g/mol. The highest BCUT2D eigenvalue weighted by Gasteiger charge is 2.18. The molecule has 3 aromatic rings. The zero-order valence-electron chi connectivity index (χ0n) is 15.6. The van der Waals surface area contributed by atoms with Crippen molar-refractivity contribution in [2.45, 2.75) is 12.6 Å². The first-order chi connectivity index (χ1) is 13.4. The third kappa shape index (κ3) is 4.92. The molecule has 0 saturated carbocycles. The van der Waals surface area contributed by atoms with Crippen LogP contribution in [0.15, 0.2) is 63.8 Å². The Hall–Kier alpha value is -3.26. The van der Waals surface area contributed by atoms with Gasteiger partial charge in [0.05, 0.1) is 6.04 Å². The van der Waals surface area contributed by atoms with Crippen LogP contribution < -0.4 is 11.1 Å².